The molecule has 1 aliphatic carbocycles. The molecule has 1 aromatic carbocycles. The van der Waals surface area contributed by atoms with Crippen LogP contribution in [0.4, 0.5) is 11.6 Å². The number of nitrogens with zero attached hydrogens (tertiary/aromatic N) is 2. The lowest BCUT2D eigenvalue weighted by atomic mass is 9.74. The van der Waals surface area contributed by atoms with Crippen LogP contribution in [0.5, 0.6) is 0 Å². The fourth-order valence-electron chi connectivity index (χ4n) is 4.80. The Kier molecular flexibility index (Phi) is 3.85. The van der Waals surface area contributed by atoms with Crippen LogP contribution in [0.3, 0.4) is 0 Å². The van der Waals surface area contributed by atoms with Crippen molar-refractivity contribution in [1.29, 1.82) is 0 Å². The average Bonchev–Trinajstić information content (AvgIpc) is 3.00. The monoisotopic (exact) mass is 414 g/mol. The van der Waals surface area contributed by atoms with E-state index in [1.165, 1.54) is 11.3 Å². The van der Waals surface area contributed by atoms with Gasteiger partial charge in [0.05, 0.1) is 5.69 Å². The van der Waals surface area contributed by atoms with Crippen molar-refractivity contribution < 1.29 is 0 Å². The standard InChI is InChI=1S/C20H23BrN4O/c21-13-5-6-17-15(11-13)20(12-22-17)7-9-25(10-8-20)19-23-16-4-2-1-3-14(16)18(26)24-19/h5-6,11,22H,1-4,7-10,12H2,(H,23,24,26). The molecule has 5 rings (SSSR count). The van der Waals surface area contributed by atoms with Crippen molar-refractivity contribution in [3.8, 4) is 0 Å². The zero-order valence-corrected chi connectivity index (χ0v) is 16.4. The molecule has 0 bridgehead atoms. The summed E-state index contributed by atoms with van der Waals surface area (Å²) in [6.45, 7) is 2.85. The third-order valence-corrected chi connectivity index (χ3v) is 6.86. The van der Waals surface area contributed by atoms with E-state index in [4.69, 9.17) is 4.98 Å². The molecule has 0 unspecified atom stereocenters. The van der Waals surface area contributed by atoms with E-state index in [-0.39, 0.29) is 11.0 Å². The van der Waals surface area contributed by atoms with E-state index in [0.29, 0.717) is 0 Å². The van der Waals surface area contributed by atoms with Gasteiger partial charge in [0.2, 0.25) is 5.95 Å². The summed E-state index contributed by atoms with van der Waals surface area (Å²) in [5.41, 5.74) is 4.89. The molecule has 136 valence electrons. The van der Waals surface area contributed by atoms with Gasteiger partial charge in [-0.15, -0.1) is 0 Å². The van der Waals surface area contributed by atoms with Gasteiger partial charge in [-0.2, -0.15) is 0 Å². The molecule has 26 heavy (non-hydrogen) atoms. The molecule has 2 aromatic rings. The van der Waals surface area contributed by atoms with Crippen LogP contribution < -0.4 is 15.8 Å². The fourth-order valence-corrected chi connectivity index (χ4v) is 5.16. The Balaban J connectivity index is 1.40. The quantitative estimate of drug-likeness (QED) is 0.750. The van der Waals surface area contributed by atoms with Crippen molar-refractivity contribution in [1.82, 2.24) is 9.97 Å². The Morgan fingerprint density at radius 1 is 1.15 bits per heavy atom. The first-order chi connectivity index (χ1) is 12.6. The number of aromatic amines is 1. The number of nitrogens with one attached hydrogen (secondary N) is 2. The summed E-state index contributed by atoms with van der Waals surface area (Å²) in [5.74, 6) is 0.769. The van der Waals surface area contributed by atoms with E-state index >= 15 is 0 Å². The highest BCUT2D eigenvalue weighted by molar-refractivity contribution is 9.10. The van der Waals surface area contributed by atoms with Crippen LogP contribution in [0, 0.1) is 0 Å². The average molecular weight is 415 g/mol. The van der Waals surface area contributed by atoms with Crippen LogP contribution in [0.2, 0.25) is 0 Å². The van der Waals surface area contributed by atoms with Crippen LogP contribution in [-0.4, -0.2) is 29.6 Å². The van der Waals surface area contributed by atoms with Crippen LogP contribution in [0.15, 0.2) is 27.5 Å². The minimum Gasteiger partial charge on any atom is -0.384 e. The second kappa shape index (κ2) is 6.12. The number of piperidine rings is 1. The second-order valence-electron chi connectivity index (χ2n) is 7.83. The third-order valence-electron chi connectivity index (χ3n) is 6.37. The van der Waals surface area contributed by atoms with Crippen molar-refractivity contribution >= 4 is 27.6 Å². The smallest absolute Gasteiger partial charge is 0.255 e. The van der Waals surface area contributed by atoms with Gasteiger partial charge in [-0.1, -0.05) is 15.9 Å². The van der Waals surface area contributed by atoms with Crippen molar-refractivity contribution in [3.05, 3.63) is 49.8 Å². The Hall–Kier alpha value is -1.82. The summed E-state index contributed by atoms with van der Waals surface area (Å²) in [4.78, 5) is 22.6. The highest BCUT2D eigenvalue weighted by Gasteiger charge is 2.42. The maximum absolute atomic E-state index is 12.4. The molecule has 2 aliphatic heterocycles. The van der Waals surface area contributed by atoms with Crippen molar-refractivity contribution in [2.75, 3.05) is 29.9 Å². The van der Waals surface area contributed by atoms with Gasteiger partial charge in [0.25, 0.3) is 5.56 Å². The molecule has 0 amide bonds. The third kappa shape index (κ3) is 2.57. The molecule has 0 radical (unpaired) electrons. The van der Waals surface area contributed by atoms with Crippen LogP contribution in [0.1, 0.15) is 42.5 Å². The minimum absolute atomic E-state index is 0.0711. The predicted octanol–water partition coefficient (Wildman–Crippen LogP) is 3.37. The van der Waals surface area contributed by atoms with E-state index in [0.717, 1.165) is 79.8 Å². The molecule has 1 aromatic heterocycles. The molecule has 5 nitrogen and oxygen atoms in total. The number of aromatic nitrogens is 2. The lowest BCUT2D eigenvalue weighted by Crippen LogP contribution is -2.45. The maximum Gasteiger partial charge on any atom is 0.255 e. The number of halogens is 1. The zero-order chi connectivity index (χ0) is 17.7. The predicted molar refractivity (Wildman–Crippen MR) is 107 cm³/mol. The molecule has 6 heteroatoms. The van der Waals surface area contributed by atoms with Crippen molar-refractivity contribution in [2.45, 2.75) is 43.9 Å². The molecular weight excluding hydrogens is 392 g/mol. The van der Waals surface area contributed by atoms with Crippen molar-refractivity contribution in [3.63, 3.8) is 0 Å². The van der Waals surface area contributed by atoms with Crippen LogP contribution in [-0.2, 0) is 18.3 Å². The van der Waals surface area contributed by atoms with Gasteiger partial charge in [0.1, 0.15) is 0 Å². The highest BCUT2D eigenvalue weighted by atomic mass is 79.9. The number of H-pyrrole nitrogens is 1. The molecule has 1 spiro atoms. The molecule has 0 atom stereocenters. The maximum atomic E-state index is 12.4. The number of aryl methyl sites for hydroxylation is 1. The number of rotatable bonds is 1. The summed E-state index contributed by atoms with van der Waals surface area (Å²) in [6, 6.07) is 6.54. The molecule has 3 heterocycles. The lowest BCUT2D eigenvalue weighted by molar-refractivity contribution is 0.359. The number of anilines is 2. The normalized spacial score (nSPS) is 20.6. The Morgan fingerprint density at radius 2 is 1.96 bits per heavy atom. The summed E-state index contributed by atoms with van der Waals surface area (Å²) in [7, 11) is 0. The minimum atomic E-state index is 0.0711. The number of hydrogen-bond acceptors (Lipinski definition) is 4. The second-order valence-corrected chi connectivity index (χ2v) is 8.75. The topological polar surface area (TPSA) is 61.0 Å². The van der Waals surface area contributed by atoms with Gasteiger partial charge in [-0.05, 0) is 62.3 Å². The van der Waals surface area contributed by atoms with Gasteiger partial charge in [0, 0.05) is 40.8 Å². The molecular formula is C20H23BrN4O. The Morgan fingerprint density at radius 3 is 2.81 bits per heavy atom. The first-order valence-corrected chi connectivity index (χ1v) is 10.3. The van der Waals surface area contributed by atoms with Crippen LogP contribution >= 0.6 is 15.9 Å². The van der Waals surface area contributed by atoms with Crippen molar-refractivity contribution in [2.24, 2.45) is 0 Å². The van der Waals surface area contributed by atoms with Crippen LogP contribution in [0.25, 0.3) is 0 Å². The summed E-state index contributed by atoms with van der Waals surface area (Å²) >= 11 is 3.62. The first-order valence-electron chi connectivity index (χ1n) is 9.56. The van der Waals surface area contributed by atoms with E-state index < -0.39 is 0 Å². The summed E-state index contributed by atoms with van der Waals surface area (Å²) in [5, 5.41) is 3.58. The van der Waals surface area contributed by atoms with Gasteiger partial charge in [0.15, 0.2) is 0 Å². The molecule has 1 fully saturated rings. The summed E-state index contributed by atoms with van der Waals surface area (Å²) < 4.78 is 1.14. The Bertz CT molecular complexity index is 915. The lowest BCUT2D eigenvalue weighted by Gasteiger charge is -2.39. The van der Waals surface area contributed by atoms with E-state index in [1.807, 2.05) is 0 Å². The summed E-state index contributed by atoms with van der Waals surface area (Å²) in [6.07, 6.45) is 6.21. The van der Waals surface area contributed by atoms with Gasteiger partial charge in [-0.3, -0.25) is 9.78 Å². The SMILES string of the molecule is O=c1[nH]c(N2CCC3(CC2)CNc2ccc(Br)cc23)nc2c1CCCC2. The number of hydrogen-bond donors (Lipinski definition) is 2. The molecule has 3 aliphatic rings. The molecule has 0 saturated carbocycles. The van der Waals surface area contributed by atoms with Gasteiger partial charge in [-0.25, -0.2) is 4.98 Å². The van der Waals surface area contributed by atoms with E-state index in [2.05, 4.69) is 49.3 Å². The zero-order valence-electron chi connectivity index (χ0n) is 14.8. The number of benzene rings is 1. The van der Waals surface area contributed by atoms with Gasteiger partial charge >= 0.3 is 0 Å². The number of fused-ring (bicyclic) bond motifs is 3. The highest BCUT2D eigenvalue weighted by Crippen LogP contribution is 2.45. The molecule has 1 saturated heterocycles. The van der Waals surface area contributed by atoms with E-state index in [1.54, 1.807) is 0 Å². The molecule has 2 N–H and O–H groups in total. The fraction of sp³-hybridized carbons (Fsp3) is 0.500. The first kappa shape index (κ1) is 16.4. The van der Waals surface area contributed by atoms with E-state index in [9.17, 15) is 4.79 Å². The largest absolute Gasteiger partial charge is 0.384 e. The Labute approximate surface area is 161 Å². The van der Waals surface area contributed by atoms with Gasteiger partial charge < -0.3 is 10.2 Å².